The lowest BCUT2D eigenvalue weighted by atomic mass is 9.78. The zero-order valence-corrected chi connectivity index (χ0v) is 21.1. The van der Waals surface area contributed by atoms with Gasteiger partial charge in [-0.2, -0.15) is 0 Å². The van der Waals surface area contributed by atoms with E-state index in [1.807, 2.05) is 18.2 Å². The van der Waals surface area contributed by atoms with E-state index < -0.39 is 35.3 Å². The molecule has 3 heterocycles. The molecular weight excluding hydrogens is 472 g/mol. The van der Waals surface area contributed by atoms with Gasteiger partial charge in [0.25, 0.3) is 5.56 Å². The number of aryl methyl sites for hydroxylation is 1. The molecule has 5 rings (SSSR count). The van der Waals surface area contributed by atoms with Crippen molar-refractivity contribution in [1.82, 2.24) is 9.55 Å². The first-order chi connectivity index (χ1) is 18.0. The number of rotatable bonds is 8. The Kier molecular flexibility index (Phi) is 7.44. The van der Waals surface area contributed by atoms with Crippen molar-refractivity contribution in [1.29, 1.82) is 0 Å². The van der Waals surface area contributed by atoms with Gasteiger partial charge in [0.15, 0.2) is 6.23 Å². The van der Waals surface area contributed by atoms with Crippen LogP contribution in [0.4, 0.5) is 0 Å². The first kappa shape index (κ1) is 25.6. The molecule has 1 spiro atoms. The molecule has 37 heavy (non-hydrogen) atoms. The average molecular weight is 507 g/mol. The molecule has 8 nitrogen and oxygen atoms in total. The number of aromatic nitrogens is 2. The van der Waals surface area contributed by atoms with Gasteiger partial charge in [0.1, 0.15) is 17.8 Å². The third-order valence-electron chi connectivity index (χ3n) is 7.70. The number of aliphatic hydroxyl groups excluding tert-OH is 2. The number of hydrogen-bond acceptors (Lipinski definition) is 6. The molecule has 0 radical (unpaired) electrons. The Balaban J connectivity index is 1.52. The largest absolute Gasteiger partial charge is 0.394 e. The summed E-state index contributed by atoms with van der Waals surface area (Å²) in [6.07, 6.45) is 3.92. The molecule has 2 aliphatic heterocycles. The lowest BCUT2D eigenvalue weighted by molar-refractivity contribution is -0.152. The van der Waals surface area contributed by atoms with Gasteiger partial charge in [-0.25, -0.2) is 4.79 Å². The van der Waals surface area contributed by atoms with Gasteiger partial charge in [0.2, 0.25) is 0 Å². The van der Waals surface area contributed by atoms with Crippen LogP contribution in [-0.4, -0.2) is 44.2 Å². The Morgan fingerprint density at radius 2 is 1.89 bits per heavy atom. The normalized spacial score (nSPS) is 24.9. The molecule has 8 heteroatoms. The van der Waals surface area contributed by atoms with Gasteiger partial charge in [-0.3, -0.25) is 14.3 Å². The highest BCUT2D eigenvalue weighted by molar-refractivity contribution is 5.66. The fourth-order valence-corrected chi connectivity index (χ4v) is 5.68. The van der Waals surface area contributed by atoms with Crippen LogP contribution in [0.3, 0.4) is 0 Å². The number of nitrogens with one attached hydrogen (secondary N) is 1. The van der Waals surface area contributed by atoms with Gasteiger partial charge < -0.3 is 19.7 Å². The zero-order valence-electron chi connectivity index (χ0n) is 21.1. The van der Waals surface area contributed by atoms with Crippen LogP contribution in [0.2, 0.25) is 0 Å². The van der Waals surface area contributed by atoms with Crippen LogP contribution in [0.1, 0.15) is 55.5 Å². The number of fused-ring (bicyclic) bond motifs is 1. The highest BCUT2D eigenvalue weighted by Gasteiger charge is 2.59. The Bertz CT molecular complexity index is 1350. The monoisotopic (exact) mass is 506 g/mol. The van der Waals surface area contributed by atoms with Crippen LogP contribution in [0, 0.1) is 0 Å². The van der Waals surface area contributed by atoms with Crippen molar-refractivity contribution in [2.45, 2.75) is 76.1 Å². The third kappa shape index (κ3) is 4.82. The van der Waals surface area contributed by atoms with Gasteiger partial charge in [0, 0.05) is 18.7 Å². The van der Waals surface area contributed by atoms with Crippen molar-refractivity contribution >= 4 is 0 Å². The zero-order chi connectivity index (χ0) is 26.0. The molecule has 1 aromatic heterocycles. The lowest BCUT2D eigenvalue weighted by Gasteiger charge is -2.41. The number of aliphatic hydroxyl groups is 2. The van der Waals surface area contributed by atoms with Crippen LogP contribution in [0.25, 0.3) is 11.1 Å². The summed E-state index contributed by atoms with van der Waals surface area (Å²) in [5.74, 6) is 0. The quantitative estimate of drug-likeness (QED) is 0.405. The minimum Gasteiger partial charge on any atom is -0.394 e. The molecule has 3 aromatic rings. The van der Waals surface area contributed by atoms with Crippen molar-refractivity contribution in [2.24, 2.45) is 0 Å². The van der Waals surface area contributed by atoms with Crippen molar-refractivity contribution in [2.75, 3.05) is 6.61 Å². The molecule has 1 fully saturated rings. The predicted octanol–water partition coefficient (Wildman–Crippen LogP) is 3.09. The fraction of sp³-hybridized carbons (Fsp3) is 0.448. The van der Waals surface area contributed by atoms with E-state index in [9.17, 15) is 19.8 Å². The molecule has 0 bridgehead atoms. The maximum Gasteiger partial charge on any atom is 0.330 e. The Morgan fingerprint density at radius 1 is 1.08 bits per heavy atom. The summed E-state index contributed by atoms with van der Waals surface area (Å²) >= 11 is 0. The predicted molar refractivity (Wildman–Crippen MR) is 139 cm³/mol. The highest BCUT2D eigenvalue weighted by atomic mass is 16.6. The molecule has 0 amide bonds. The number of ether oxygens (including phenoxy) is 2. The molecular formula is C29H34N2O6. The van der Waals surface area contributed by atoms with E-state index in [1.54, 1.807) is 0 Å². The minimum absolute atomic E-state index is 0.252. The van der Waals surface area contributed by atoms with Gasteiger partial charge >= 0.3 is 5.69 Å². The summed E-state index contributed by atoms with van der Waals surface area (Å²) in [5, 5.41) is 21.7. The number of hydrogen-bond donors (Lipinski definition) is 3. The van der Waals surface area contributed by atoms with Crippen molar-refractivity contribution in [3.05, 3.63) is 92.3 Å². The molecule has 3 N–H and O–H groups in total. The molecule has 1 saturated heterocycles. The number of aromatic amines is 1. The first-order valence-corrected chi connectivity index (χ1v) is 13.1. The van der Waals surface area contributed by atoms with Crippen LogP contribution in [0.15, 0.2) is 64.3 Å². The van der Waals surface area contributed by atoms with E-state index in [1.165, 1.54) is 24.2 Å². The molecule has 0 saturated carbocycles. The van der Waals surface area contributed by atoms with E-state index in [0.29, 0.717) is 6.42 Å². The van der Waals surface area contributed by atoms with E-state index in [2.05, 4.69) is 36.2 Å². The van der Waals surface area contributed by atoms with Crippen LogP contribution < -0.4 is 11.2 Å². The summed E-state index contributed by atoms with van der Waals surface area (Å²) in [5.41, 5.74) is 3.19. The summed E-state index contributed by atoms with van der Waals surface area (Å²) in [6, 6.07) is 15.8. The second kappa shape index (κ2) is 10.8. The summed E-state index contributed by atoms with van der Waals surface area (Å²) in [6.45, 7) is 2.07. The van der Waals surface area contributed by atoms with Crippen molar-refractivity contribution < 1.29 is 19.7 Å². The maximum absolute atomic E-state index is 12.4. The minimum atomic E-state index is -1.23. The van der Waals surface area contributed by atoms with Crippen molar-refractivity contribution in [3.8, 4) is 11.1 Å². The van der Waals surface area contributed by atoms with Crippen molar-refractivity contribution in [3.63, 3.8) is 0 Å². The van der Waals surface area contributed by atoms with E-state index in [0.717, 1.165) is 52.5 Å². The maximum atomic E-state index is 12.4. The Labute approximate surface area is 215 Å². The second-order valence-electron chi connectivity index (χ2n) is 10.0. The average Bonchev–Trinajstić information content (AvgIpc) is 3.17. The highest BCUT2D eigenvalue weighted by Crippen LogP contribution is 2.46. The first-order valence-electron chi connectivity index (χ1n) is 13.1. The van der Waals surface area contributed by atoms with Gasteiger partial charge in [-0.1, -0.05) is 62.6 Å². The number of unbranched alkanes of at least 4 members (excludes halogenated alkanes) is 3. The second-order valence-corrected chi connectivity index (χ2v) is 10.0. The fourth-order valence-electron chi connectivity index (χ4n) is 5.68. The molecule has 0 unspecified atom stereocenters. The van der Waals surface area contributed by atoms with E-state index >= 15 is 0 Å². The van der Waals surface area contributed by atoms with E-state index in [-0.39, 0.29) is 13.2 Å². The molecule has 2 aromatic carbocycles. The summed E-state index contributed by atoms with van der Waals surface area (Å²) in [4.78, 5) is 26.2. The number of benzene rings is 2. The standard InChI is InChI=1S/C29H34N2O6/c1-2-3-4-6-11-20-14-21(19-9-7-5-8-10-19)15-22-18-36-29(16-23(20)22)24(17-32)37-27(26(29)34)31-13-12-25(33)30-28(31)35/h5,7-10,12-15,24,26-27,32,34H,2-4,6,11,16-18H2,1H3,(H,30,33,35)/t24-,26+,27-,29-/m1/s1. The number of H-pyrrole nitrogens is 1. The molecule has 4 atom stereocenters. The van der Waals surface area contributed by atoms with Gasteiger partial charge in [-0.05, 0) is 46.7 Å². The summed E-state index contributed by atoms with van der Waals surface area (Å²) < 4.78 is 13.5. The number of nitrogens with zero attached hydrogens (tertiary/aromatic N) is 1. The van der Waals surface area contributed by atoms with E-state index in [4.69, 9.17) is 9.47 Å². The molecule has 0 aliphatic carbocycles. The Hall–Kier alpha value is -3.04. The summed E-state index contributed by atoms with van der Waals surface area (Å²) in [7, 11) is 0. The van der Waals surface area contributed by atoms with Gasteiger partial charge in [-0.15, -0.1) is 0 Å². The molecule has 2 aliphatic rings. The molecule has 196 valence electrons. The smallest absolute Gasteiger partial charge is 0.330 e. The topological polar surface area (TPSA) is 114 Å². The third-order valence-corrected chi connectivity index (χ3v) is 7.70. The van der Waals surface area contributed by atoms with Crippen LogP contribution >= 0.6 is 0 Å². The van der Waals surface area contributed by atoms with Gasteiger partial charge in [0.05, 0.1) is 13.2 Å². The SMILES string of the molecule is CCCCCCc1cc(-c2ccccc2)cc2c1C[C@@]1(OC2)[C@@H](CO)O[C@@H](n2ccc(=O)[nH]c2=O)[C@@H]1O. The van der Waals surface area contributed by atoms with Crippen LogP contribution in [-0.2, 0) is 28.9 Å². The van der Waals surface area contributed by atoms with Crippen LogP contribution in [0.5, 0.6) is 0 Å². The Morgan fingerprint density at radius 3 is 2.62 bits per heavy atom. The lowest BCUT2D eigenvalue weighted by Crippen LogP contribution is -2.55.